The average molecular weight is 496 g/mol. The molecule has 0 atom stereocenters. The Morgan fingerprint density at radius 3 is 2.57 bits per heavy atom. The summed E-state index contributed by atoms with van der Waals surface area (Å²) in [4.78, 5) is 12.3. The molecular weight excluding hydrogens is 464 g/mol. The second-order valence-corrected chi connectivity index (χ2v) is 9.58. The van der Waals surface area contributed by atoms with Gasteiger partial charge in [0.05, 0.1) is 16.8 Å². The number of aromatic nitrogens is 1. The van der Waals surface area contributed by atoms with Crippen LogP contribution in [0.5, 0.6) is 5.75 Å². The van der Waals surface area contributed by atoms with Gasteiger partial charge in [-0.15, -0.1) is 0 Å². The minimum absolute atomic E-state index is 0.177. The van der Waals surface area contributed by atoms with Crippen molar-refractivity contribution in [2.45, 2.75) is 50.6 Å². The highest BCUT2D eigenvalue weighted by molar-refractivity contribution is 5.96. The number of carbonyl (C=O) groups is 1. The maximum atomic E-state index is 12.3. The molecule has 0 unspecified atom stereocenters. The van der Waals surface area contributed by atoms with Crippen molar-refractivity contribution in [1.82, 2.24) is 15.2 Å². The number of nitrogens with one attached hydrogen (secondary N) is 3. The van der Waals surface area contributed by atoms with Crippen LogP contribution in [0.2, 0.25) is 0 Å². The smallest absolute Gasteiger partial charge is 0.319 e. The summed E-state index contributed by atoms with van der Waals surface area (Å²) in [7, 11) is 0. The monoisotopic (exact) mass is 495 g/mol. The van der Waals surface area contributed by atoms with Crippen LogP contribution in [0, 0.1) is 11.3 Å². The van der Waals surface area contributed by atoms with E-state index in [9.17, 15) is 10.1 Å². The van der Waals surface area contributed by atoms with Gasteiger partial charge in [0.1, 0.15) is 18.4 Å². The zero-order valence-corrected chi connectivity index (χ0v) is 20.7. The molecule has 3 N–H and O–H groups in total. The van der Waals surface area contributed by atoms with Crippen LogP contribution in [-0.4, -0.2) is 36.0 Å². The number of amides is 2. The van der Waals surface area contributed by atoms with E-state index in [0.717, 1.165) is 65.5 Å². The Kier molecular flexibility index (Phi) is 7.41. The minimum Gasteiger partial charge on any atom is -0.811 e. The van der Waals surface area contributed by atoms with Gasteiger partial charge in [0.25, 0.3) is 0 Å². The number of hydrogen-bond donors (Lipinski definition) is 3. The van der Waals surface area contributed by atoms with Gasteiger partial charge in [0, 0.05) is 35.8 Å². The van der Waals surface area contributed by atoms with Crippen molar-refractivity contribution in [3.05, 3.63) is 65.7 Å². The second-order valence-electron chi connectivity index (χ2n) is 9.58. The molecule has 0 spiro atoms. The van der Waals surface area contributed by atoms with E-state index < -0.39 is 0 Å². The molecule has 0 saturated heterocycles. The third kappa shape index (κ3) is 5.31. The third-order valence-electron chi connectivity index (χ3n) is 7.20. The lowest BCUT2D eigenvalue weighted by Crippen LogP contribution is -2.41. The fourth-order valence-corrected chi connectivity index (χ4v) is 4.84. The maximum Gasteiger partial charge on any atom is 0.319 e. The Morgan fingerprint density at radius 1 is 1.14 bits per heavy atom. The molecule has 190 valence electrons. The van der Waals surface area contributed by atoms with Crippen molar-refractivity contribution >= 4 is 28.8 Å². The highest BCUT2D eigenvalue weighted by atomic mass is 16.5. The van der Waals surface area contributed by atoms with Gasteiger partial charge in [-0.1, -0.05) is 18.2 Å². The van der Waals surface area contributed by atoms with E-state index in [0.29, 0.717) is 24.8 Å². The van der Waals surface area contributed by atoms with Gasteiger partial charge in [-0.05, 0) is 74.6 Å². The van der Waals surface area contributed by atoms with Crippen LogP contribution in [0.4, 0.5) is 10.5 Å². The molecular formula is C29H31N6O2-. The number of urea groups is 1. The number of benzene rings is 2. The predicted molar refractivity (Wildman–Crippen MR) is 147 cm³/mol. The summed E-state index contributed by atoms with van der Waals surface area (Å²) >= 11 is 0. The number of nitriles is 1. The first-order chi connectivity index (χ1) is 18.2. The molecule has 1 heterocycles. The highest BCUT2D eigenvalue weighted by Gasteiger charge is 2.28. The molecule has 2 amide bonds. The molecule has 1 aromatic heterocycles. The number of carbonyl (C=O) groups excluding carboxylic acids is 1. The number of allylic oxidation sites excluding steroid dienone is 1. The normalized spacial score (nSPS) is 15.5. The van der Waals surface area contributed by atoms with Crippen molar-refractivity contribution in [2.75, 3.05) is 18.5 Å². The molecule has 0 bridgehead atoms. The summed E-state index contributed by atoms with van der Waals surface area (Å²) in [6.07, 6.45) is 10.7. The molecule has 3 aromatic rings. The predicted octanol–water partition coefficient (Wildman–Crippen LogP) is 5.70. The maximum absolute atomic E-state index is 12.3. The molecule has 37 heavy (non-hydrogen) atoms. The van der Waals surface area contributed by atoms with Gasteiger partial charge >= 0.3 is 6.03 Å². The highest BCUT2D eigenvalue weighted by Crippen LogP contribution is 2.43. The van der Waals surface area contributed by atoms with E-state index in [-0.39, 0.29) is 12.1 Å². The van der Waals surface area contributed by atoms with Crippen molar-refractivity contribution in [3.63, 3.8) is 0 Å². The second kappa shape index (κ2) is 11.2. The van der Waals surface area contributed by atoms with Crippen molar-refractivity contribution in [1.29, 1.82) is 5.26 Å². The zero-order chi connectivity index (χ0) is 25.6. The number of rotatable bonds is 10. The molecule has 8 heteroatoms. The molecule has 8 nitrogen and oxygen atoms in total. The van der Waals surface area contributed by atoms with E-state index in [1.54, 1.807) is 6.20 Å². The Morgan fingerprint density at radius 2 is 1.92 bits per heavy atom. The molecule has 2 aliphatic carbocycles. The molecule has 2 fully saturated rings. The fourth-order valence-electron chi connectivity index (χ4n) is 4.84. The molecule has 5 rings (SSSR count). The van der Waals surface area contributed by atoms with Gasteiger partial charge in [-0.3, -0.25) is 0 Å². The van der Waals surface area contributed by atoms with Crippen molar-refractivity contribution in [3.8, 4) is 23.1 Å². The van der Waals surface area contributed by atoms with Crippen LogP contribution < -0.4 is 20.7 Å². The number of anilines is 1. The van der Waals surface area contributed by atoms with Gasteiger partial charge in [0.2, 0.25) is 0 Å². The first kappa shape index (κ1) is 24.4. The summed E-state index contributed by atoms with van der Waals surface area (Å²) in [6, 6.07) is 16.5. The largest absolute Gasteiger partial charge is 0.811 e. The van der Waals surface area contributed by atoms with Crippen LogP contribution in [0.1, 0.15) is 50.1 Å². The van der Waals surface area contributed by atoms with E-state index >= 15 is 0 Å². The van der Waals surface area contributed by atoms with Crippen LogP contribution in [0.25, 0.3) is 27.6 Å². The number of ether oxygens (including phenoxy) is 1. The summed E-state index contributed by atoms with van der Waals surface area (Å²) in [5.41, 5.74) is 4.24. The first-order valence-corrected chi connectivity index (χ1v) is 12.9. The standard InChI is InChI=1S/C29H31N6O2/c30-14-3-15-32-16-17-37-24-12-13-25-26(19-31)28(35(27(25)18-24)23-6-2-7-23)20-8-10-22(11-9-20)34-29(36)33-21-4-1-5-21/h3,8-15,18,21,23,32H,1-2,4-7,16-17H2,(H2,33,34,36)/q-1/b15-3-. The van der Waals surface area contributed by atoms with Crippen LogP contribution in [-0.2, 0) is 0 Å². The number of hydrogen-bond acceptors (Lipinski definition) is 4. The molecule has 2 aromatic carbocycles. The Balaban J connectivity index is 1.41. The van der Waals surface area contributed by atoms with E-state index in [2.05, 4.69) is 26.6 Å². The Bertz CT molecular complexity index is 1340. The molecule has 2 saturated carbocycles. The summed E-state index contributed by atoms with van der Waals surface area (Å²) in [5, 5.41) is 28.7. The third-order valence-corrected chi connectivity index (χ3v) is 7.20. The first-order valence-electron chi connectivity index (χ1n) is 12.9. The molecule has 0 aliphatic heterocycles. The topological polar surface area (TPSA) is 113 Å². The van der Waals surface area contributed by atoms with Gasteiger partial charge < -0.3 is 30.7 Å². The van der Waals surface area contributed by atoms with Crippen molar-refractivity contribution < 1.29 is 9.53 Å². The van der Waals surface area contributed by atoms with Crippen LogP contribution >= 0.6 is 0 Å². The quantitative estimate of drug-likeness (QED) is 0.247. The van der Waals surface area contributed by atoms with Crippen molar-refractivity contribution in [2.24, 2.45) is 0 Å². The zero-order valence-electron chi connectivity index (χ0n) is 20.7. The van der Waals surface area contributed by atoms with Crippen LogP contribution in [0.15, 0.2) is 54.7 Å². The summed E-state index contributed by atoms with van der Waals surface area (Å²) in [6.45, 7) is 1.06. The van der Waals surface area contributed by atoms with E-state index in [1.165, 1.54) is 18.9 Å². The average Bonchev–Trinajstić information content (AvgIpc) is 3.16. The Hall–Kier alpha value is -4.25. The lowest BCUT2D eigenvalue weighted by Gasteiger charge is -2.30. The number of nitrogens with zero attached hydrogens (tertiary/aromatic N) is 3. The summed E-state index contributed by atoms with van der Waals surface area (Å²) < 4.78 is 8.25. The van der Waals surface area contributed by atoms with E-state index in [4.69, 9.17) is 10.1 Å². The SMILES string of the molecule is N#Cc1c(-c2ccc(NC(=O)NC3CCC3)cc2)n(C2CCC2)c2cc(OCCN/C=C\C=[N-])ccc12. The fraction of sp³-hybridized carbons (Fsp3) is 0.345. The Labute approximate surface area is 216 Å². The number of fused-ring (bicyclic) bond motifs is 1. The lowest BCUT2D eigenvalue weighted by molar-refractivity contribution is 0.240. The summed E-state index contributed by atoms with van der Waals surface area (Å²) in [5.74, 6) is 0.748. The molecule has 0 radical (unpaired) electrons. The van der Waals surface area contributed by atoms with Crippen LogP contribution in [0.3, 0.4) is 0 Å². The lowest BCUT2D eigenvalue weighted by atomic mass is 9.92. The van der Waals surface area contributed by atoms with Gasteiger partial charge in [-0.25, -0.2) is 4.79 Å². The van der Waals surface area contributed by atoms with E-state index in [1.807, 2.05) is 42.5 Å². The minimum atomic E-state index is -0.177. The molecule has 2 aliphatic rings. The van der Waals surface area contributed by atoms with Gasteiger partial charge in [0.15, 0.2) is 0 Å². The van der Waals surface area contributed by atoms with Gasteiger partial charge in [-0.2, -0.15) is 11.5 Å².